The monoisotopic (exact) mass is 346 g/mol. The van der Waals surface area contributed by atoms with Crippen molar-refractivity contribution in [3.05, 3.63) is 71.2 Å². The molecule has 2 aliphatic rings. The van der Waals surface area contributed by atoms with Crippen LogP contribution in [0.2, 0.25) is 5.02 Å². The molecule has 0 aliphatic heterocycles. The third kappa shape index (κ3) is 1.90. The van der Waals surface area contributed by atoms with Crippen molar-refractivity contribution in [1.82, 2.24) is 0 Å². The van der Waals surface area contributed by atoms with E-state index in [1.165, 1.54) is 18.4 Å². The van der Waals surface area contributed by atoms with Crippen LogP contribution >= 0.6 is 11.6 Å². The summed E-state index contributed by atoms with van der Waals surface area (Å²) >= 11 is 6.77. The van der Waals surface area contributed by atoms with Gasteiger partial charge in [0.25, 0.3) is 0 Å². The van der Waals surface area contributed by atoms with Crippen molar-refractivity contribution in [3.8, 4) is 0 Å². The zero-order chi connectivity index (χ0) is 18.3. The van der Waals surface area contributed by atoms with Gasteiger partial charge in [0.05, 0.1) is 7.76 Å². The predicted octanol–water partition coefficient (Wildman–Crippen LogP) is 7.07. The quantitative estimate of drug-likeness (QED) is 0.336. The van der Waals surface area contributed by atoms with Gasteiger partial charge in [-0.3, -0.25) is 0 Å². The van der Waals surface area contributed by atoms with Crippen molar-refractivity contribution in [1.29, 1.82) is 0 Å². The molecule has 0 spiro atoms. The highest BCUT2D eigenvalue weighted by Gasteiger charge is 2.36. The minimum atomic E-state index is 0.125. The highest BCUT2D eigenvalue weighted by molar-refractivity contribution is 6.39. The molecule has 2 heteroatoms. The van der Waals surface area contributed by atoms with Crippen molar-refractivity contribution < 1.29 is 7.16 Å². The largest absolute Gasteiger partial charge is 0.456 e. The first kappa shape index (κ1) is 12.2. The van der Waals surface area contributed by atoms with E-state index in [2.05, 4.69) is 24.3 Å². The first-order chi connectivity index (χ1) is 13.1. The Labute approximate surface area is 153 Å². The van der Waals surface area contributed by atoms with Crippen molar-refractivity contribution in [2.24, 2.45) is 11.8 Å². The van der Waals surface area contributed by atoms with Gasteiger partial charge in [-0.2, -0.15) is 0 Å². The van der Waals surface area contributed by atoms with Gasteiger partial charge in [-0.15, -0.1) is 0 Å². The average molecular weight is 347 g/mol. The molecular formula is C23H17ClO. The molecule has 1 nitrogen and oxygen atoms in total. The number of allylic oxidation sites excluding steroid dienone is 2. The molecule has 1 saturated carbocycles. The highest BCUT2D eigenvalue weighted by atomic mass is 35.5. The zero-order valence-electron chi connectivity index (χ0n) is 15.6. The van der Waals surface area contributed by atoms with E-state index in [1.807, 2.05) is 24.3 Å². The maximum Gasteiger partial charge on any atom is 0.137 e. The minimum Gasteiger partial charge on any atom is -0.456 e. The van der Waals surface area contributed by atoms with Crippen LogP contribution in [0, 0.1) is 11.8 Å². The number of fused-ring (bicyclic) bond motifs is 7. The summed E-state index contributed by atoms with van der Waals surface area (Å²) in [6.07, 6.45) is 7.10. The van der Waals surface area contributed by atoms with Crippen LogP contribution in [0.5, 0.6) is 0 Å². The molecule has 1 aromatic heterocycles. The first-order valence-corrected chi connectivity index (χ1v) is 9.21. The summed E-state index contributed by atoms with van der Waals surface area (Å²) < 4.78 is 22.9. The van der Waals surface area contributed by atoms with Crippen LogP contribution in [0.15, 0.2) is 65.1 Å². The minimum absolute atomic E-state index is 0.125. The molecule has 122 valence electrons. The van der Waals surface area contributed by atoms with E-state index in [-0.39, 0.29) is 12.1 Å². The summed E-state index contributed by atoms with van der Waals surface area (Å²) in [4.78, 5) is 0. The number of hydrogen-bond donors (Lipinski definition) is 0. The fraction of sp³-hybridized carbons (Fsp3) is 0.217. The second-order valence-electron chi connectivity index (χ2n) is 7.36. The van der Waals surface area contributed by atoms with E-state index < -0.39 is 0 Å². The average Bonchev–Trinajstić information content (AvgIpc) is 3.39. The number of benzene rings is 3. The molecule has 2 aliphatic carbocycles. The van der Waals surface area contributed by atoms with Gasteiger partial charge in [0.1, 0.15) is 11.2 Å². The van der Waals surface area contributed by atoms with E-state index >= 15 is 0 Å². The fourth-order valence-electron chi connectivity index (χ4n) is 4.86. The lowest BCUT2D eigenvalue weighted by Gasteiger charge is -2.18. The molecule has 3 unspecified atom stereocenters. The Morgan fingerprint density at radius 1 is 1.00 bits per heavy atom. The van der Waals surface area contributed by atoms with E-state index in [0.29, 0.717) is 28.4 Å². The number of rotatable bonds is 1. The van der Waals surface area contributed by atoms with Gasteiger partial charge in [-0.25, -0.2) is 0 Å². The molecular weight excluding hydrogens is 328 g/mol. The lowest BCUT2D eigenvalue weighted by atomic mass is 9.86. The fourth-order valence-corrected chi connectivity index (χ4v) is 5.17. The number of hydrogen-bond acceptors (Lipinski definition) is 1. The van der Waals surface area contributed by atoms with E-state index in [4.69, 9.17) is 18.8 Å². The summed E-state index contributed by atoms with van der Waals surface area (Å²) in [6.45, 7) is 0. The molecule has 4 aromatic rings. The standard InChI is InChI=1S/C23H17ClO/c24-19-11-16(18-10-13-5-6-15(18)9-13)12-21-23(19)22-17-4-2-1-3-14(17)7-8-20(22)25-21/h1-8,11-13,15,18H,9-10H2/i7D,8D. The topological polar surface area (TPSA) is 13.1 Å². The normalized spacial score (nSPS) is 26.0. The lowest BCUT2D eigenvalue weighted by molar-refractivity contribution is 0.584. The smallest absolute Gasteiger partial charge is 0.137 e. The van der Waals surface area contributed by atoms with Gasteiger partial charge in [-0.05, 0) is 65.1 Å². The van der Waals surface area contributed by atoms with Crippen LogP contribution in [0.25, 0.3) is 32.7 Å². The zero-order valence-corrected chi connectivity index (χ0v) is 14.3. The maximum absolute atomic E-state index is 8.43. The predicted molar refractivity (Wildman–Crippen MR) is 104 cm³/mol. The molecule has 0 radical (unpaired) electrons. The molecule has 25 heavy (non-hydrogen) atoms. The van der Waals surface area contributed by atoms with E-state index in [0.717, 1.165) is 27.1 Å². The number of furan rings is 1. The van der Waals surface area contributed by atoms with Crippen LogP contribution in [-0.2, 0) is 0 Å². The molecule has 0 saturated heterocycles. The van der Waals surface area contributed by atoms with Gasteiger partial charge in [-0.1, -0.05) is 54.1 Å². The Morgan fingerprint density at radius 2 is 1.92 bits per heavy atom. The van der Waals surface area contributed by atoms with Crippen LogP contribution in [0.3, 0.4) is 0 Å². The molecule has 1 heterocycles. The highest BCUT2D eigenvalue weighted by Crippen LogP contribution is 2.50. The van der Waals surface area contributed by atoms with Gasteiger partial charge in [0.15, 0.2) is 0 Å². The third-order valence-electron chi connectivity index (χ3n) is 5.98. The van der Waals surface area contributed by atoms with Gasteiger partial charge < -0.3 is 4.42 Å². The van der Waals surface area contributed by atoms with Gasteiger partial charge in [0.2, 0.25) is 0 Å². The second-order valence-corrected chi connectivity index (χ2v) is 7.77. The van der Waals surface area contributed by atoms with Crippen LogP contribution < -0.4 is 0 Å². The first-order valence-electron chi connectivity index (χ1n) is 9.83. The molecule has 3 atom stereocenters. The summed E-state index contributed by atoms with van der Waals surface area (Å²) in [7, 11) is 0. The summed E-state index contributed by atoms with van der Waals surface area (Å²) in [5.41, 5.74) is 2.41. The van der Waals surface area contributed by atoms with Gasteiger partial charge in [0, 0.05) is 10.8 Å². The van der Waals surface area contributed by atoms with Crippen molar-refractivity contribution >= 4 is 44.3 Å². The maximum atomic E-state index is 8.43. The molecule has 2 bridgehead atoms. The molecule has 6 rings (SSSR count). The second kappa shape index (κ2) is 4.89. The van der Waals surface area contributed by atoms with Gasteiger partial charge >= 0.3 is 0 Å². The Balaban J connectivity index is 1.69. The molecule has 0 N–H and O–H groups in total. The lowest BCUT2D eigenvalue weighted by Crippen LogP contribution is -2.04. The Morgan fingerprint density at radius 3 is 2.76 bits per heavy atom. The van der Waals surface area contributed by atoms with Crippen molar-refractivity contribution in [2.45, 2.75) is 18.8 Å². The van der Waals surface area contributed by atoms with Crippen LogP contribution in [0.4, 0.5) is 0 Å². The van der Waals surface area contributed by atoms with Crippen LogP contribution in [0.1, 0.15) is 27.1 Å². The number of halogens is 1. The molecule has 1 fully saturated rings. The van der Waals surface area contributed by atoms with Crippen molar-refractivity contribution in [2.75, 3.05) is 0 Å². The Bertz CT molecular complexity index is 1290. The third-order valence-corrected chi connectivity index (χ3v) is 6.28. The van der Waals surface area contributed by atoms with E-state index in [9.17, 15) is 0 Å². The molecule has 0 amide bonds. The summed E-state index contributed by atoms with van der Waals surface area (Å²) in [6, 6.07) is 12.2. The Kier molecular flexibility index (Phi) is 2.38. The molecule has 3 aromatic carbocycles. The van der Waals surface area contributed by atoms with Crippen LogP contribution in [-0.4, -0.2) is 0 Å². The Hall–Kier alpha value is -2.25. The summed E-state index contributed by atoms with van der Waals surface area (Å²) in [5, 5.41) is 4.07. The SMILES string of the molecule is [2H]c1c([2H])c2oc3cc(C4CC5C=CC4C5)cc(Cl)c3c2c2ccccc12. The summed E-state index contributed by atoms with van der Waals surface area (Å²) in [5.74, 6) is 1.79. The van der Waals surface area contributed by atoms with Crippen molar-refractivity contribution in [3.63, 3.8) is 0 Å². The van der Waals surface area contributed by atoms with E-state index in [1.54, 1.807) is 0 Å².